The Morgan fingerprint density at radius 2 is 1.43 bits per heavy atom. The standard InChI is InChI=1S/C27H23N5O2S/c1-19-5-10-26-25(17-19)27(13-16-29-26)31-20-6-8-24(9-7-20)35(33,34)32-23-4-2-3-22(18-23)30-21-11-14-28-15-12-21/h2-18,32H,1H3,(H,28,30)(H,29,31). The number of nitrogens with zero attached hydrogens (tertiary/aromatic N) is 2. The van der Waals surface area contributed by atoms with Gasteiger partial charge < -0.3 is 10.6 Å². The van der Waals surface area contributed by atoms with Gasteiger partial charge in [-0.25, -0.2) is 8.42 Å². The zero-order valence-corrected chi connectivity index (χ0v) is 19.8. The third kappa shape index (κ3) is 5.23. The molecule has 0 radical (unpaired) electrons. The molecule has 0 aliphatic rings. The summed E-state index contributed by atoms with van der Waals surface area (Å²) >= 11 is 0. The third-order valence-corrected chi connectivity index (χ3v) is 6.82. The van der Waals surface area contributed by atoms with Crippen LogP contribution in [-0.2, 0) is 10.0 Å². The molecule has 3 aromatic carbocycles. The summed E-state index contributed by atoms with van der Waals surface area (Å²) in [5.41, 5.74) is 5.80. The van der Waals surface area contributed by atoms with Gasteiger partial charge in [0.25, 0.3) is 10.0 Å². The lowest BCUT2D eigenvalue weighted by Crippen LogP contribution is -2.13. The van der Waals surface area contributed by atoms with Crippen LogP contribution in [0, 0.1) is 6.92 Å². The minimum atomic E-state index is -3.76. The highest BCUT2D eigenvalue weighted by atomic mass is 32.2. The molecule has 2 heterocycles. The number of rotatable bonds is 7. The molecule has 0 bridgehead atoms. The van der Waals surface area contributed by atoms with Gasteiger partial charge in [-0.1, -0.05) is 17.7 Å². The quantitative estimate of drug-likeness (QED) is 0.255. The van der Waals surface area contributed by atoms with Crippen molar-refractivity contribution >= 4 is 49.4 Å². The molecular weight excluding hydrogens is 458 g/mol. The Hall–Kier alpha value is -4.43. The molecule has 0 saturated carbocycles. The number of aryl methyl sites for hydroxylation is 1. The molecule has 7 nitrogen and oxygen atoms in total. The van der Waals surface area contributed by atoms with Crippen LogP contribution in [0.2, 0.25) is 0 Å². The van der Waals surface area contributed by atoms with E-state index in [1.54, 1.807) is 61.1 Å². The van der Waals surface area contributed by atoms with E-state index in [-0.39, 0.29) is 4.90 Å². The van der Waals surface area contributed by atoms with Gasteiger partial charge in [0, 0.05) is 46.7 Å². The number of aromatic nitrogens is 2. The summed E-state index contributed by atoms with van der Waals surface area (Å²) in [5.74, 6) is 0. The van der Waals surface area contributed by atoms with E-state index in [4.69, 9.17) is 0 Å². The maximum Gasteiger partial charge on any atom is 0.261 e. The highest BCUT2D eigenvalue weighted by Gasteiger charge is 2.14. The van der Waals surface area contributed by atoms with Crippen molar-refractivity contribution in [3.8, 4) is 0 Å². The summed E-state index contributed by atoms with van der Waals surface area (Å²) in [6, 6.07) is 25.4. The Morgan fingerprint density at radius 1 is 0.686 bits per heavy atom. The van der Waals surface area contributed by atoms with Crippen LogP contribution in [0.1, 0.15) is 5.56 Å². The van der Waals surface area contributed by atoms with Crippen molar-refractivity contribution in [2.24, 2.45) is 0 Å². The maximum atomic E-state index is 13.0. The van der Waals surface area contributed by atoms with E-state index < -0.39 is 10.0 Å². The largest absolute Gasteiger partial charge is 0.355 e. The van der Waals surface area contributed by atoms with E-state index >= 15 is 0 Å². The topological polar surface area (TPSA) is 96.0 Å². The lowest BCUT2D eigenvalue weighted by Gasteiger charge is -2.12. The van der Waals surface area contributed by atoms with E-state index in [9.17, 15) is 8.42 Å². The van der Waals surface area contributed by atoms with E-state index in [2.05, 4.69) is 31.4 Å². The van der Waals surface area contributed by atoms with Crippen LogP contribution in [0.4, 0.5) is 28.4 Å². The highest BCUT2D eigenvalue weighted by molar-refractivity contribution is 7.92. The van der Waals surface area contributed by atoms with Gasteiger partial charge in [-0.15, -0.1) is 0 Å². The number of anilines is 5. The minimum Gasteiger partial charge on any atom is -0.355 e. The number of sulfonamides is 1. The number of benzene rings is 3. The van der Waals surface area contributed by atoms with E-state index in [0.717, 1.165) is 39.2 Å². The molecule has 0 amide bonds. The Labute approximate surface area is 203 Å². The van der Waals surface area contributed by atoms with Crippen LogP contribution < -0.4 is 15.4 Å². The van der Waals surface area contributed by atoms with Crippen LogP contribution in [0.25, 0.3) is 10.9 Å². The summed E-state index contributed by atoms with van der Waals surface area (Å²) in [4.78, 5) is 8.57. The SMILES string of the molecule is Cc1ccc2nccc(Nc3ccc(S(=O)(=O)Nc4cccc(Nc5ccncc5)c4)cc3)c2c1. The molecular formula is C27H23N5O2S. The summed E-state index contributed by atoms with van der Waals surface area (Å²) in [5, 5.41) is 7.60. The lowest BCUT2D eigenvalue weighted by atomic mass is 10.1. The van der Waals surface area contributed by atoms with Crippen LogP contribution in [0.3, 0.4) is 0 Å². The monoisotopic (exact) mass is 481 g/mol. The maximum absolute atomic E-state index is 13.0. The fraction of sp³-hybridized carbons (Fsp3) is 0.0370. The molecule has 0 unspecified atom stereocenters. The van der Waals surface area contributed by atoms with Gasteiger partial charge in [0.05, 0.1) is 16.1 Å². The zero-order valence-electron chi connectivity index (χ0n) is 18.9. The second-order valence-electron chi connectivity index (χ2n) is 8.08. The van der Waals surface area contributed by atoms with Crippen molar-refractivity contribution in [1.82, 2.24) is 9.97 Å². The van der Waals surface area contributed by atoms with Gasteiger partial charge in [0.1, 0.15) is 0 Å². The molecule has 0 aliphatic carbocycles. The van der Waals surface area contributed by atoms with Crippen molar-refractivity contribution in [2.75, 3.05) is 15.4 Å². The first-order chi connectivity index (χ1) is 17.0. The molecule has 35 heavy (non-hydrogen) atoms. The lowest BCUT2D eigenvalue weighted by molar-refractivity contribution is 0.601. The summed E-state index contributed by atoms with van der Waals surface area (Å²) in [7, 11) is -3.76. The molecule has 174 valence electrons. The Balaban J connectivity index is 1.32. The molecule has 0 fully saturated rings. The molecule has 3 N–H and O–H groups in total. The average molecular weight is 482 g/mol. The van der Waals surface area contributed by atoms with E-state index in [1.807, 2.05) is 43.3 Å². The van der Waals surface area contributed by atoms with Crippen molar-refractivity contribution < 1.29 is 8.42 Å². The van der Waals surface area contributed by atoms with Gasteiger partial charge >= 0.3 is 0 Å². The molecule has 0 aliphatic heterocycles. The van der Waals surface area contributed by atoms with E-state index in [1.165, 1.54) is 0 Å². The summed E-state index contributed by atoms with van der Waals surface area (Å²) in [6.07, 6.45) is 5.12. The Morgan fingerprint density at radius 3 is 2.23 bits per heavy atom. The fourth-order valence-corrected chi connectivity index (χ4v) is 4.77. The number of pyridine rings is 2. The minimum absolute atomic E-state index is 0.172. The van der Waals surface area contributed by atoms with E-state index in [0.29, 0.717) is 5.69 Å². The zero-order chi connectivity index (χ0) is 24.3. The third-order valence-electron chi connectivity index (χ3n) is 5.42. The molecule has 8 heteroatoms. The van der Waals surface area contributed by atoms with Crippen molar-refractivity contribution in [3.63, 3.8) is 0 Å². The van der Waals surface area contributed by atoms with Gasteiger partial charge in [0.2, 0.25) is 0 Å². The number of hydrogen-bond acceptors (Lipinski definition) is 6. The van der Waals surface area contributed by atoms with Crippen LogP contribution in [-0.4, -0.2) is 18.4 Å². The van der Waals surface area contributed by atoms with Crippen LogP contribution >= 0.6 is 0 Å². The van der Waals surface area contributed by atoms with Crippen LogP contribution in [0.15, 0.2) is 108 Å². The van der Waals surface area contributed by atoms with Crippen molar-refractivity contribution in [2.45, 2.75) is 11.8 Å². The second-order valence-corrected chi connectivity index (χ2v) is 9.76. The number of hydrogen-bond donors (Lipinski definition) is 3. The number of nitrogens with one attached hydrogen (secondary N) is 3. The van der Waals surface area contributed by atoms with Crippen molar-refractivity contribution in [3.05, 3.63) is 109 Å². The van der Waals surface area contributed by atoms with Gasteiger partial charge in [-0.2, -0.15) is 0 Å². The molecule has 0 spiro atoms. The normalized spacial score (nSPS) is 11.2. The first-order valence-electron chi connectivity index (χ1n) is 11.0. The van der Waals surface area contributed by atoms with Crippen molar-refractivity contribution in [1.29, 1.82) is 0 Å². The second kappa shape index (κ2) is 9.44. The molecule has 2 aromatic heterocycles. The molecule has 5 rings (SSSR count). The molecule has 0 saturated heterocycles. The smallest absolute Gasteiger partial charge is 0.261 e. The summed E-state index contributed by atoms with van der Waals surface area (Å²) in [6.45, 7) is 2.04. The first-order valence-corrected chi connectivity index (χ1v) is 12.5. The van der Waals surface area contributed by atoms with Crippen LogP contribution in [0.5, 0.6) is 0 Å². The Bertz CT molecular complexity index is 1590. The van der Waals surface area contributed by atoms with Gasteiger partial charge in [0.15, 0.2) is 0 Å². The first kappa shape index (κ1) is 22.4. The van der Waals surface area contributed by atoms with Gasteiger partial charge in [-0.05, 0) is 79.7 Å². The van der Waals surface area contributed by atoms with Gasteiger partial charge in [-0.3, -0.25) is 14.7 Å². The molecule has 0 atom stereocenters. The predicted octanol–water partition coefficient (Wildman–Crippen LogP) is 6.23. The average Bonchev–Trinajstić information content (AvgIpc) is 2.85. The molecule has 5 aromatic rings. The summed E-state index contributed by atoms with van der Waals surface area (Å²) < 4.78 is 28.6. The fourth-order valence-electron chi connectivity index (χ4n) is 3.72. The predicted molar refractivity (Wildman–Crippen MR) is 141 cm³/mol. The highest BCUT2D eigenvalue weighted by Crippen LogP contribution is 2.27. The Kier molecular flexibility index (Phi) is 6.03. The number of fused-ring (bicyclic) bond motifs is 1.